The molecule has 4 nitrogen and oxygen atoms in total. The predicted octanol–water partition coefficient (Wildman–Crippen LogP) is 1.53. The van der Waals surface area contributed by atoms with Crippen LogP contribution in [-0.2, 0) is 9.53 Å². The number of rotatable bonds is 6. The number of nitrogens with two attached hydrogens (primary N) is 1. The molecule has 2 unspecified atom stereocenters. The molecule has 1 fully saturated rings. The molecule has 0 aromatic carbocycles. The van der Waals surface area contributed by atoms with Crippen LogP contribution in [0.15, 0.2) is 0 Å². The Bertz CT molecular complexity index is 233. The molecule has 1 aliphatic rings. The lowest BCUT2D eigenvalue weighted by atomic mass is 9.96. The van der Waals surface area contributed by atoms with Gasteiger partial charge in [-0.25, -0.2) is 0 Å². The van der Waals surface area contributed by atoms with Gasteiger partial charge in [-0.3, -0.25) is 4.79 Å². The van der Waals surface area contributed by atoms with Crippen molar-refractivity contribution in [2.75, 3.05) is 19.8 Å². The zero-order valence-electron chi connectivity index (χ0n) is 11.2. The summed E-state index contributed by atoms with van der Waals surface area (Å²) >= 11 is 0. The summed E-state index contributed by atoms with van der Waals surface area (Å²) in [6.07, 6.45) is 4.74. The second-order valence-electron chi connectivity index (χ2n) is 4.77. The molecular weight excluding hydrogens is 216 g/mol. The van der Waals surface area contributed by atoms with Gasteiger partial charge in [0.25, 0.3) is 0 Å². The molecule has 4 heteroatoms. The highest BCUT2D eigenvalue weighted by Gasteiger charge is 2.30. The molecule has 0 bridgehead atoms. The lowest BCUT2D eigenvalue weighted by Gasteiger charge is -2.40. The van der Waals surface area contributed by atoms with Gasteiger partial charge in [0.1, 0.15) is 0 Å². The van der Waals surface area contributed by atoms with E-state index in [4.69, 9.17) is 10.5 Å². The highest BCUT2D eigenvalue weighted by Crippen LogP contribution is 2.23. The van der Waals surface area contributed by atoms with E-state index >= 15 is 0 Å². The molecule has 1 amide bonds. The molecule has 1 saturated heterocycles. The number of piperidine rings is 1. The van der Waals surface area contributed by atoms with Crippen molar-refractivity contribution in [1.82, 2.24) is 4.90 Å². The second kappa shape index (κ2) is 7.67. The maximum atomic E-state index is 12.2. The number of ether oxygens (including phenoxy) is 1. The van der Waals surface area contributed by atoms with E-state index in [-0.39, 0.29) is 11.9 Å². The van der Waals surface area contributed by atoms with Gasteiger partial charge in [-0.05, 0) is 39.5 Å². The van der Waals surface area contributed by atoms with Crippen molar-refractivity contribution in [3.63, 3.8) is 0 Å². The Morgan fingerprint density at radius 3 is 2.88 bits per heavy atom. The van der Waals surface area contributed by atoms with Crippen LogP contribution in [0.25, 0.3) is 0 Å². The molecule has 17 heavy (non-hydrogen) atoms. The minimum Gasteiger partial charge on any atom is -0.382 e. The fourth-order valence-electron chi connectivity index (χ4n) is 2.57. The lowest BCUT2D eigenvalue weighted by Crippen LogP contribution is -2.51. The van der Waals surface area contributed by atoms with Crippen molar-refractivity contribution in [3.05, 3.63) is 0 Å². The molecule has 0 aromatic heterocycles. The zero-order valence-corrected chi connectivity index (χ0v) is 11.2. The van der Waals surface area contributed by atoms with Gasteiger partial charge in [-0.1, -0.05) is 0 Å². The molecule has 100 valence electrons. The van der Waals surface area contributed by atoms with Crippen molar-refractivity contribution in [2.45, 2.75) is 58.0 Å². The number of nitrogens with zero attached hydrogens (tertiary/aromatic N) is 1. The fourth-order valence-corrected chi connectivity index (χ4v) is 2.57. The normalized spacial score (nSPS) is 25.0. The van der Waals surface area contributed by atoms with Gasteiger partial charge in [0, 0.05) is 38.3 Å². The van der Waals surface area contributed by atoms with Crippen LogP contribution in [0.3, 0.4) is 0 Å². The first-order chi connectivity index (χ1) is 8.20. The third-order valence-electron chi connectivity index (χ3n) is 3.47. The van der Waals surface area contributed by atoms with Gasteiger partial charge in [-0.15, -0.1) is 0 Å². The summed E-state index contributed by atoms with van der Waals surface area (Å²) in [4.78, 5) is 14.2. The second-order valence-corrected chi connectivity index (χ2v) is 4.77. The molecule has 0 aromatic rings. The van der Waals surface area contributed by atoms with Crippen molar-refractivity contribution in [2.24, 2.45) is 5.73 Å². The maximum Gasteiger partial charge on any atom is 0.223 e. The topological polar surface area (TPSA) is 55.6 Å². The van der Waals surface area contributed by atoms with Crippen LogP contribution in [0, 0.1) is 0 Å². The molecule has 2 atom stereocenters. The van der Waals surface area contributed by atoms with Crippen molar-refractivity contribution >= 4 is 5.91 Å². The summed E-state index contributed by atoms with van der Waals surface area (Å²) < 4.78 is 5.26. The highest BCUT2D eigenvalue weighted by atomic mass is 16.5. The van der Waals surface area contributed by atoms with E-state index < -0.39 is 0 Å². The third kappa shape index (κ3) is 4.28. The summed E-state index contributed by atoms with van der Waals surface area (Å²) in [7, 11) is 0. The van der Waals surface area contributed by atoms with Crippen LogP contribution < -0.4 is 5.73 Å². The SMILES string of the molecule is CCOCCCC(=O)N1C(C)CCCC1CN. The minimum absolute atomic E-state index is 0.243. The summed E-state index contributed by atoms with van der Waals surface area (Å²) in [5.74, 6) is 0.243. The molecule has 0 saturated carbocycles. The van der Waals surface area contributed by atoms with E-state index in [1.54, 1.807) is 0 Å². The van der Waals surface area contributed by atoms with E-state index in [0.717, 1.165) is 25.9 Å². The molecule has 0 radical (unpaired) electrons. The Morgan fingerprint density at radius 1 is 1.47 bits per heavy atom. The number of hydrogen-bond donors (Lipinski definition) is 1. The van der Waals surface area contributed by atoms with Crippen LogP contribution in [0.2, 0.25) is 0 Å². The summed E-state index contributed by atoms with van der Waals surface area (Å²) in [5, 5.41) is 0. The number of carbonyl (C=O) groups is 1. The van der Waals surface area contributed by atoms with Crippen LogP contribution in [0.4, 0.5) is 0 Å². The smallest absolute Gasteiger partial charge is 0.223 e. The van der Waals surface area contributed by atoms with Gasteiger partial charge in [0.15, 0.2) is 0 Å². The minimum atomic E-state index is 0.243. The summed E-state index contributed by atoms with van der Waals surface area (Å²) in [5.41, 5.74) is 5.75. The van der Waals surface area contributed by atoms with E-state index in [1.165, 1.54) is 6.42 Å². The lowest BCUT2D eigenvalue weighted by molar-refractivity contribution is -0.137. The number of amides is 1. The number of hydrogen-bond acceptors (Lipinski definition) is 3. The quantitative estimate of drug-likeness (QED) is 0.719. The fraction of sp³-hybridized carbons (Fsp3) is 0.923. The Morgan fingerprint density at radius 2 is 2.24 bits per heavy atom. The Kier molecular flexibility index (Phi) is 6.52. The van der Waals surface area contributed by atoms with Crippen molar-refractivity contribution < 1.29 is 9.53 Å². The van der Waals surface area contributed by atoms with Crippen LogP contribution in [-0.4, -0.2) is 42.6 Å². The molecule has 0 spiro atoms. The first-order valence-corrected chi connectivity index (χ1v) is 6.79. The van der Waals surface area contributed by atoms with Gasteiger partial charge in [-0.2, -0.15) is 0 Å². The Hall–Kier alpha value is -0.610. The number of likely N-dealkylation sites (tertiary alicyclic amines) is 1. The molecule has 1 heterocycles. The predicted molar refractivity (Wildman–Crippen MR) is 68.7 cm³/mol. The van der Waals surface area contributed by atoms with Gasteiger partial charge < -0.3 is 15.4 Å². The standard InChI is InChI=1S/C13H26N2O2/c1-3-17-9-5-8-13(16)15-11(2)6-4-7-12(15)10-14/h11-12H,3-10,14H2,1-2H3. The van der Waals surface area contributed by atoms with Gasteiger partial charge in [0.2, 0.25) is 5.91 Å². The van der Waals surface area contributed by atoms with E-state index in [0.29, 0.717) is 25.6 Å². The van der Waals surface area contributed by atoms with E-state index in [9.17, 15) is 4.79 Å². The average molecular weight is 242 g/mol. The first-order valence-electron chi connectivity index (χ1n) is 6.79. The van der Waals surface area contributed by atoms with Crippen molar-refractivity contribution in [3.8, 4) is 0 Å². The largest absolute Gasteiger partial charge is 0.382 e. The molecular formula is C13H26N2O2. The number of carbonyl (C=O) groups excluding carboxylic acids is 1. The zero-order chi connectivity index (χ0) is 12.7. The van der Waals surface area contributed by atoms with Gasteiger partial charge >= 0.3 is 0 Å². The van der Waals surface area contributed by atoms with Crippen molar-refractivity contribution in [1.29, 1.82) is 0 Å². The first kappa shape index (κ1) is 14.5. The molecule has 0 aliphatic carbocycles. The maximum absolute atomic E-state index is 12.2. The Balaban J connectivity index is 2.40. The van der Waals surface area contributed by atoms with Crippen LogP contribution >= 0.6 is 0 Å². The Labute approximate surface area is 104 Å². The summed E-state index contributed by atoms with van der Waals surface area (Å²) in [6.45, 7) is 6.08. The van der Waals surface area contributed by atoms with Crippen LogP contribution in [0.5, 0.6) is 0 Å². The molecule has 1 rings (SSSR count). The highest BCUT2D eigenvalue weighted by molar-refractivity contribution is 5.77. The third-order valence-corrected chi connectivity index (χ3v) is 3.47. The van der Waals surface area contributed by atoms with E-state index in [2.05, 4.69) is 6.92 Å². The monoisotopic (exact) mass is 242 g/mol. The van der Waals surface area contributed by atoms with Crippen LogP contribution in [0.1, 0.15) is 46.0 Å². The average Bonchev–Trinajstić information content (AvgIpc) is 2.34. The summed E-state index contributed by atoms with van der Waals surface area (Å²) in [6, 6.07) is 0.593. The van der Waals surface area contributed by atoms with Gasteiger partial charge in [0.05, 0.1) is 0 Å². The van der Waals surface area contributed by atoms with E-state index in [1.807, 2.05) is 11.8 Å². The molecule has 2 N–H and O–H groups in total. The molecule has 1 aliphatic heterocycles.